The number of carboxylic acids is 2. The van der Waals surface area contributed by atoms with Crippen molar-refractivity contribution in [1.82, 2.24) is 39.7 Å². The second kappa shape index (κ2) is 15.6. The van der Waals surface area contributed by atoms with Gasteiger partial charge in [0.1, 0.15) is 5.82 Å². The van der Waals surface area contributed by atoms with Gasteiger partial charge in [-0.05, 0) is 58.4 Å². The number of aliphatic hydroxyl groups excluding tert-OH is 2. The number of likely N-dealkylation sites (tertiary alicyclic amines) is 1. The Labute approximate surface area is 281 Å². The van der Waals surface area contributed by atoms with Crippen LogP contribution in [0.4, 0.5) is 5.82 Å². The summed E-state index contributed by atoms with van der Waals surface area (Å²) >= 11 is 0. The molecule has 2 atom stereocenters. The lowest BCUT2D eigenvalue weighted by Crippen LogP contribution is -2.43. The molecule has 0 spiro atoms. The summed E-state index contributed by atoms with van der Waals surface area (Å²) in [6, 6.07) is 6.85. The van der Waals surface area contributed by atoms with Crippen molar-refractivity contribution in [3.63, 3.8) is 0 Å². The minimum Gasteiger partial charge on any atom is -0.479 e. The lowest BCUT2D eigenvalue weighted by atomic mass is 10.0. The van der Waals surface area contributed by atoms with E-state index in [-0.39, 0.29) is 17.4 Å². The standard InChI is InChI=1S/C28H33N9O2.C4H6O6/c1-19-23(37-24(8-11-31-37)34-26(38)20-7-5-10-29-16-20)15-22(25(33-19)21-17-32-35(4)18-21)27(39)30-12-14-36-13-6-9-28(36,2)3;5-1(3(7)8)2(6)4(9)10/h5,7-8,10-11,15-18H,6,9,12-14H2,1-4H3,(H,30,39)(H,34,38);1-2,5-6H,(H,7,8)(H,9,10). The number of amides is 2. The van der Waals surface area contributed by atoms with Crippen LogP contribution >= 0.6 is 0 Å². The molecule has 0 radical (unpaired) electrons. The first kappa shape index (κ1) is 36.3. The summed E-state index contributed by atoms with van der Waals surface area (Å²) in [4.78, 5) is 57.1. The van der Waals surface area contributed by atoms with Gasteiger partial charge in [0.05, 0.1) is 40.6 Å². The average molecular weight is 678 g/mol. The van der Waals surface area contributed by atoms with Gasteiger partial charge in [-0.15, -0.1) is 0 Å². The molecule has 17 nitrogen and oxygen atoms in total. The maximum Gasteiger partial charge on any atom is 0.335 e. The molecule has 4 aromatic heterocycles. The summed E-state index contributed by atoms with van der Waals surface area (Å²) < 4.78 is 3.25. The van der Waals surface area contributed by atoms with Crippen molar-refractivity contribution in [2.75, 3.05) is 25.0 Å². The lowest BCUT2D eigenvalue weighted by molar-refractivity contribution is -0.165. The van der Waals surface area contributed by atoms with Crippen LogP contribution in [0.25, 0.3) is 16.9 Å². The molecule has 0 saturated carbocycles. The lowest BCUT2D eigenvalue weighted by Gasteiger charge is -2.31. The van der Waals surface area contributed by atoms with E-state index in [0.29, 0.717) is 40.6 Å². The number of carbonyl (C=O) groups is 4. The molecule has 0 aromatic carbocycles. The van der Waals surface area contributed by atoms with E-state index < -0.39 is 24.1 Å². The number of aliphatic carboxylic acids is 2. The molecule has 6 N–H and O–H groups in total. The molecule has 2 amide bonds. The summed E-state index contributed by atoms with van der Waals surface area (Å²) in [7, 11) is 1.82. The van der Waals surface area contributed by atoms with Crippen LogP contribution in [0.15, 0.2) is 55.2 Å². The van der Waals surface area contributed by atoms with Crippen molar-refractivity contribution in [3.8, 4) is 16.9 Å². The van der Waals surface area contributed by atoms with E-state index in [0.717, 1.165) is 25.1 Å². The number of aryl methyl sites for hydroxylation is 2. The van der Waals surface area contributed by atoms with Gasteiger partial charge in [-0.1, -0.05) is 0 Å². The molecular formula is C32H39N9O8. The molecule has 5 rings (SSSR count). The summed E-state index contributed by atoms with van der Waals surface area (Å²) in [5.41, 5.74) is 3.48. The van der Waals surface area contributed by atoms with E-state index in [2.05, 4.69) is 44.6 Å². The number of nitrogens with one attached hydrogen (secondary N) is 2. The quantitative estimate of drug-likeness (QED) is 0.131. The minimum atomic E-state index is -2.27. The molecule has 1 saturated heterocycles. The first-order chi connectivity index (χ1) is 23.2. The van der Waals surface area contributed by atoms with Gasteiger partial charge in [0.15, 0.2) is 12.2 Å². The smallest absolute Gasteiger partial charge is 0.335 e. The molecular weight excluding hydrogens is 638 g/mol. The van der Waals surface area contributed by atoms with E-state index in [4.69, 9.17) is 25.4 Å². The maximum atomic E-state index is 13.6. The fourth-order valence-electron chi connectivity index (χ4n) is 5.27. The zero-order valence-corrected chi connectivity index (χ0v) is 27.4. The van der Waals surface area contributed by atoms with E-state index in [1.54, 1.807) is 52.2 Å². The van der Waals surface area contributed by atoms with Crippen molar-refractivity contribution in [2.24, 2.45) is 7.05 Å². The normalized spacial score (nSPS) is 15.1. The molecule has 0 bridgehead atoms. The van der Waals surface area contributed by atoms with Crippen molar-refractivity contribution in [3.05, 3.63) is 72.1 Å². The van der Waals surface area contributed by atoms with E-state index in [1.165, 1.54) is 12.6 Å². The predicted octanol–water partition coefficient (Wildman–Crippen LogP) is 1.11. The largest absolute Gasteiger partial charge is 0.479 e. The van der Waals surface area contributed by atoms with Crippen LogP contribution in [0.3, 0.4) is 0 Å². The van der Waals surface area contributed by atoms with Gasteiger partial charge in [-0.25, -0.2) is 19.3 Å². The first-order valence-corrected chi connectivity index (χ1v) is 15.3. The van der Waals surface area contributed by atoms with Gasteiger partial charge >= 0.3 is 11.9 Å². The zero-order chi connectivity index (χ0) is 35.9. The van der Waals surface area contributed by atoms with E-state index in [1.807, 2.05) is 20.2 Å². The molecule has 17 heteroatoms. The van der Waals surface area contributed by atoms with Crippen LogP contribution in [0.1, 0.15) is 53.1 Å². The Morgan fingerprint density at radius 1 is 1.00 bits per heavy atom. The van der Waals surface area contributed by atoms with Gasteiger partial charge in [0.25, 0.3) is 11.8 Å². The Bertz CT molecular complexity index is 1790. The number of carboxylic acid groups (broad SMARTS) is 2. The molecule has 5 heterocycles. The highest BCUT2D eigenvalue weighted by molar-refractivity contribution is 6.04. The Morgan fingerprint density at radius 3 is 2.29 bits per heavy atom. The summed E-state index contributed by atoms with van der Waals surface area (Å²) in [6.07, 6.45) is 6.01. The minimum absolute atomic E-state index is 0.140. The SMILES string of the molecule is Cc1nc(-c2cnn(C)c2)c(C(=O)NCCN2CCCC2(C)C)cc1-n1nccc1NC(=O)c1cccnc1.O=C(O)C(O)C(O)C(=O)O. The number of rotatable bonds is 11. The summed E-state index contributed by atoms with van der Waals surface area (Å²) in [5.74, 6) is -3.63. The number of anilines is 1. The topological polar surface area (TPSA) is 238 Å². The van der Waals surface area contributed by atoms with Crippen LogP contribution < -0.4 is 10.6 Å². The fraction of sp³-hybridized carbons (Fsp3) is 0.375. The van der Waals surface area contributed by atoms with Crippen molar-refractivity contribution in [2.45, 2.75) is 51.4 Å². The number of nitrogens with zero attached hydrogens (tertiary/aromatic N) is 7. The molecule has 1 aliphatic rings. The summed E-state index contributed by atoms with van der Waals surface area (Å²) in [5, 5.41) is 47.2. The van der Waals surface area contributed by atoms with Crippen molar-refractivity contribution < 1.29 is 39.6 Å². The second-order valence-corrected chi connectivity index (χ2v) is 11.9. The first-order valence-electron chi connectivity index (χ1n) is 15.3. The highest BCUT2D eigenvalue weighted by Crippen LogP contribution is 2.29. The third kappa shape index (κ3) is 8.89. The number of aliphatic hydroxyl groups is 2. The van der Waals surface area contributed by atoms with Gasteiger partial charge in [-0.3, -0.25) is 24.2 Å². The number of carbonyl (C=O) groups excluding carboxylic acids is 2. The molecule has 260 valence electrons. The van der Waals surface area contributed by atoms with Crippen molar-refractivity contribution in [1.29, 1.82) is 0 Å². The molecule has 1 fully saturated rings. The Kier molecular flexibility index (Phi) is 11.6. The van der Waals surface area contributed by atoms with Gasteiger partial charge in [0, 0.05) is 55.9 Å². The van der Waals surface area contributed by atoms with Crippen molar-refractivity contribution >= 4 is 29.6 Å². The zero-order valence-electron chi connectivity index (χ0n) is 27.4. The highest BCUT2D eigenvalue weighted by atomic mass is 16.4. The van der Waals surface area contributed by atoms with Crippen LogP contribution in [0.5, 0.6) is 0 Å². The third-order valence-electron chi connectivity index (χ3n) is 7.99. The number of pyridine rings is 2. The van der Waals surface area contributed by atoms with Crippen LogP contribution in [0.2, 0.25) is 0 Å². The Balaban J connectivity index is 0.000000471. The molecule has 1 aliphatic heterocycles. The highest BCUT2D eigenvalue weighted by Gasteiger charge is 2.31. The average Bonchev–Trinajstić information content (AvgIpc) is 3.80. The predicted molar refractivity (Wildman–Crippen MR) is 175 cm³/mol. The fourth-order valence-corrected chi connectivity index (χ4v) is 5.27. The van der Waals surface area contributed by atoms with E-state index >= 15 is 0 Å². The van der Waals surface area contributed by atoms with Gasteiger partial charge in [-0.2, -0.15) is 10.2 Å². The Morgan fingerprint density at radius 2 is 1.71 bits per heavy atom. The molecule has 4 aromatic rings. The van der Waals surface area contributed by atoms with Gasteiger partial charge in [0.2, 0.25) is 0 Å². The molecule has 0 aliphatic carbocycles. The molecule has 49 heavy (non-hydrogen) atoms. The second-order valence-electron chi connectivity index (χ2n) is 11.9. The third-order valence-corrected chi connectivity index (χ3v) is 7.99. The monoisotopic (exact) mass is 677 g/mol. The van der Waals surface area contributed by atoms with E-state index in [9.17, 15) is 19.2 Å². The van der Waals surface area contributed by atoms with Crippen LogP contribution in [-0.4, -0.2) is 116 Å². The van der Waals surface area contributed by atoms with Crippen LogP contribution in [-0.2, 0) is 16.6 Å². The van der Waals surface area contributed by atoms with Crippen LogP contribution in [0, 0.1) is 6.92 Å². The van der Waals surface area contributed by atoms with Gasteiger partial charge < -0.3 is 31.1 Å². The number of hydrogen-bond donors (Lipinski definition) is 6. The molecule has 2 unspecified atom stereocenters. The Hall–Kier alpha value is -5.52. The number of hydrogen-bond acceptors (Lipinski definition) is 11. The maximum absolute atomic E-state index is 13.6. The summed E-state index contributed by atoms with van der Waals surface area (Å²) in [6.45, 7) is 8.66. The number of aromatic nitrogens is 6.